The summed E-state index contributed by atoms with van der Waals surface area (Å²) in [6.07, 6.45) is 4.20. The Kier molecular flexibility index (Phi) is 5.20. The smallest absolute Gasteiger partial charge is 0.234 e. The molecule has 0 aliphatic carbocycles. The Balaban J connectivity index is 1.49. The van der Waals surface area contributed by atoms with Gasteiger partial charge in [-0.05, 0) is 37.6 Å². The van der Waals surface area contributed by atoms with Gasteiger partial charge in [0, 0.05) is 31.3 Å². The van der Waals surface area contributed by atoms with Gasteiger partial charge in [-0.25, -0.2) is 0 Å². The van der Waals surface area contributed by atoms with Crippen molar-refractivity contribution in [2.75, 3.05) is 26.7 Å². The molecule has 3 rings (SSSR count). The van der Waals surface area contributed by atoms with Crippen LogP contribution >= 0.6 is 0 Å². The summed E-state index contributed by atoms with van der Waals surface area (Å²) >= 11 is 0. The Morgan fingerprint density at radius 3 is 3.13 bits per heavy atom. The Bertz CT molecular complexity index is 668. The molecule has 1 aliphatic rings. The van der Waals surface area contributed by atoms with E-state index in [0.29, 0.717) is 19.6 Å². The molecule has 1 atom stereocenters. The third-order valence-electron chi connectivity index (χ3n) is 4.06. The average Bonchev–Trinajstić information content (AvgIpc) is 3.06. The number of nitrogens with one attached hydrogen (secondary N) is 1. The first-order valence-corrected chi connectivity index (χ1v) is 8.11. The van der Waals surface area contributed by atoms with Crippen molar-refractivity contribution < 1.29 is 9.53 Å². The van der Waals surface area contributed by atoms with Gasteiger partial charge < -0.3 is 10.1 Å². The quantitative estimate of drug-likeness (QED) is 0.886. The molecule has 1 fully saturated rings. The molecule has 5 heteroatoms. The molecule has 0 radical (unpaired) electrons. The Hall–Kier alpha value is -1.98. The van der Waals surface area contributed by atoms with E-state index in [2.05, 4.69) is 22.4 Å². The molecule has 1 N–H and O–H groups in total. The van der Waals surface area contributed by atoms with Crippen LogP contribution in [0.5, 0.6) is 0 Å². The van der Waals surface area contributed by atoms with Gasteiger partial charge in [0.15, 0.2) is 0 Å². The number of carbonyl (C=O) groups excluding carboxylic acids is 1. The zero-order valence-electron chi connectivity index (χ0n) is 13.5. The number of pyridine rings is 1. The molecule has 0 bridgehead atoms. The molecule has 0 saturated carbocycles. The summed E-state index contributed by atoms with van der Waals surface area (Å²) in [5.41, 5.74) is 2.10. The highest BCUT2D eigenvalue weighted by molar-refractivity contribution is 5.79. The number of hydrogen-bond acceptors (Lipinski definition) is 4. The van der Waals surface area contributed by atoms with Crippen molar-refractivity contribution in [2.45, 2.75) is 25.5 Å². The van der Waals surface area contributed by atoms with E-state index in [4.69, 9.17) is 4.74 Å². The number of amides is 1. The minimum absolute atomic E-state index is 0.0387. The van der Waals surface area contributed by atoms with E-state index in [0.717, 1.165) is 35.9 Å². The lowest BCUT2D eigenvalue weighted by Crippen LogP contribution is -2.38. The van der Waals surface area contributed by atoms with Crippen LogP contribution in [0.25, 0.3) is 10.9 Å². The van der Waals surface area contributed by atoms with Gasteiger partial charge in [-0.15, -0.1) is 0 Å². The fourth-order valence-corrected chi connectivity index (χ4v) is 2.90. The van der Waals surface area contributed by atoms with Gasteiger partial charge in [0.2, 0.25) is 5.91 Å². The molecular weight excluding hydrogens is 290 g/mol. The van der Waals surface area contributed by atoms with Gasteiger partial charge >= 0.3 is 0 Å². The van der Waals surface area contributed by atoms with E-state index in [-0.39, 0.29) is 12.0 Å². The summed E-state index contributed by atoms with van der Waals surface area (Å²) in [4.78, 5) is 18.4. The Morgan fingerprint density at radius 2 is 2.30 bits per heavy atom. The van der Waals surface area contributed by atoms with Crippen molar-refractivity contribution in [3.05, 3.63) is 42.1 Å². The number of hydrogen-bond donors (Lipinski definition) is 1. The van der Waals surface area contributed by atoms with Crippen molar-refractivity contribution >= 4 is 16.8 Å². The van der Waals surface area contributed by atoms with Crippen molar-refractivity contribution in [3.8, 4) is 0 Å². The van der Waals surface area contributed by atoms with Gasteiger partial charge in [0.25, 0.3) is 0 Å². The van der Waals surface area contributed by atoms with Crippen molar-refractivity contribution in [1.29, 1.82) is 0 Å². The van der Waals surface area contributed by atoms with Gasteiger partial charge in [0.1, 0.15) is 0 Å². The molecule has 1 saturated heterocycles. The summed E-state index contributed by atoms with van der Waals surface area (Å²) in [6.45, 7) is 2.50. The maximum atomic E-state index is 12.0. The first-order valence-electron chi connectivity index (χ1n) is 8.11. The number of carbonyl (C=O) groups is 1. The summed E-state index contributed by atoms with van der Waals surface area (Å²) in [6, 6.07) is 10.2. The van der Waals surface area contributed by atoms with E-state index >= 15 is 0 Å². The second kappa shape index (κ2) is 7.53. The molecule has 122 valence electrons. The van der Waals surface area contributed by atoms with Crippen molar-refractivity contribution in [2.24, 2.45) is 0 Å². The number of aromatic nitrogens is 1. The van der Waals surface area contributed by atoms with Crippen LogP contribution in [0.1, 0.15) is 18.4 Å². The molecule has 23 heavy (non-hydrogen) atoms. The highest BCUT2D eigenvalue weighted by Crippen LogP contribution is 2.14. The van der Waals surface area contributed by atoms with Crippen LogP contribution in [0, 0.1) is 0 Å². The van der Waals surface area contributed by atoms with Crippen molar-refractivity contribution in [3.63, 3.8) is 0 Å². The maximum Gasteiger partial charge on any atom is 0.234 e. The second-order valence-electron chi connectivity index (χ2n) is 6.15. The number of ether oxygens (including phenoxy) is 1. The van der Waals surface area contributed by atoms with Crippen LogP contribution < -0.4 is 5.32 Å². The van der Waals surface area contributed by atoms with Crippen molar-refractivity contribution in [1.82, 2.24) is 15.2 Å². The molecule has 1 aromatic heterocycles. The first kappa shape index (κ1) is 15.9. The highest BCUT2D eigenvalue weighted by atomic mass is 16.5. The van der Waals surface area contributed by atoms with Crippen LogP contribution in [0.4, 0.5) is 0 Å². The molecule has 2 aromatic rings. The number of fused-ring (bicyclic) bond motifs is 1. The molecule has 5 nitrogen and oxygen atoms in total. The summed E-state index contributed by atoms with van der Waals surface area (Å²) < 4.78 is 5.51. The van der Waals surface area contributed by atoms with Crippen LogP contribution in [0.3, 0.4) is 0 Å². The lowest BCUT2D eigenvalue weighted by Gasteiger charge is -2.17. The van der Waals surface area contributed by atoms with E-state index in [1.165, 1.54) is 0 Å². The zero-order valence-corrected chi connectivity index (χ0v) is 13.5. The van der Waals surface area contributed by atoms with Crippen LogP contribution in [0.2, 0.25) is 0 Å². The van der Waals surface area contributed by atoms with Gasteiger partial charge in [0.05, 0.1) is 18.2 Å². The second-order valence-corrected chi connectivity index (χ2v) is 6.15. The SMILES string of the molecule is CN(CC(=O)NC[C@H]1CCCO1)Cc1cnc2ccccc2c1. The van der Waals surface area contributed by atoms with E-state index in [9.17, 15) is 4.79 Å². The fourth-order valence-electron chi connectivity index (χ4n) is 2.90. The number of likely N-dealkylation sites (N-methyl/N-ethyl adjacent to an activating group) is 1. The molecule has 0 unspecified atom stereocenters. The number of rotatable bonds is 6. The third-order valence-corrected chi connectivity index (χ3v) is 4.06. The number of para-hydroxylation sites is 1. The monoisotopic (exact) mass is 313 g/mol. The van der Waals surface area contributed by atoms with Gasteiger partial charge in [-0.1, -0.05) is 18.2 Å². The highest BCUT2D eigenvalue weighted by Gasteiger charge is 2.16. The predicted octanol–water partition coefficient (Wildman–Crippen LogP) is 1.96. The summed E-state index contributed by atoms with van der Waals surface area (Å²) in [5, 5.41) is 4.08. The minimum Gasteiger partial charge on any atom is -0.376 e. The lowest BCUT2D eigenvalue weighted by molar-refractivity contribution is -0.122. The maximum absolute atomic E-state index is 12.0. The molecule has 1 aliphatic heterocycles. The molecule has 2 heterocycles. The number of nitrogens with zero attached hydrogens (tertiary/aromatic N) is 2. The fraction of sp³-hybridized carbons (Fsp3) is 0.444. The van der Waals surface area contributed by atoms with Crippen LogP contribution in [0.15, 0.2) is 36.5 Å². The summed E-state index contributed by atoms with van der Waals surface area (Å²) in [7, 11) is 1.95. The number of benzene rings is 1. The van der Waals surface area contributed by atoms with E-state index in [1.54, 1.807) is 0 Å². The topological polar surface area (TPSA) is 54.5 Å². The Morgan fingerprint density at radius 1 is 1.43 bits per heavy atom. The third kappa shape index (κ3) is 4.50. The van der Waals surface area contributed by atoms with Crippen LogP contribution in [-0.4, -0.2) is 48.6 Å². The van der Waals surface area contributed by atoms with Gasteiger partial charge in [-0.3, -0.25) is 14.7 Å². The van der Waals surface area contributed by atoms with E-state index < -0.39 is 0 Å². The molecule has 0 spiro atoms. The summed E-state index contributed by atoms with van der Waals surface area (Å²) in [5.74, 6) is 0.0387. The minimum atomic E-state index is 0.0387. The average molecular weight is 313 g/mol. The molecular formula is C18H23N3O2. The first-order chi connectivity index (χ1) is 11.2. The molecule has 1 aromatic carbocycles. The Labute approximate surface area is 136 Å². The lowest BCUT2D eigenvalue weighted by atomic mass is 10.1. The van der Waals surface area contributed by atoms with Gasteiger partial charge in [-0.2, -0.15) is 0 Å². The standard InChI is InChI=1S/C18H23N3O2/c1-21(13-18(22)20-11-16-6-4-8-23-16)12-14-9-15-5-2-3-7-17(15)19-10-14/h2-3,5,7,9-10,16H,4,6,8,11-13H2,1H3,(H,20,22)/t16-/m1/s1. The molecule has 1 amide bonds. The van der Waals surface area contributed by atoms with E-state index in [1.807, 2.05) is 36.3 Å². The normalized spacial score (nSPS) is 17.7. The zero-order chi connectivity index (χ0) is 16.1. The largest absolute Gasteiger partial charge is 0.376 e. The predicted molar refractivity (Wildman–Crippen MR) is 90.1 cm³/mol. The van der Waals surface area contributed by atoms with Crippen LogP contribution in [-0.2, 0) is 16.1 Å².